The largest absolute Gasteiger partial charge is 0.347 e. The normalized spacial score (nSPS) is 14.9. The Hall–Kier alpha value is -1.84. The standard InChI is InChI=1S/C15H20N2O2/c1-15(2,3)17-14(19)11-6-8-12(9-7-11)16-13(18)10-4-5-10/h6-10H,4-5H2,1-3H3,(H,16,18)(H,17,19). The van der Waals surface area contributed by atoms with Gasteiger partial charge in [-0.05, 0) is 57.9 Å². The minimum atomic E-state index is -0.254. The summed E-state index contributed by atoms with van der Waals surface area (Å²) in [5, 5.41) is 5.75. The number of hydrogen-bond donors (Lipinski definition) is 2. The molecule has 0 saturated heterocycles. The van der Waals surface area contributed by atoms with Crippen molar-refractivity contribution in [1.29, 1.82) is 0 Å². The predicted octanol–water partition coefficient (Wildman–Crippen LogP) is 2.56. The summed E-state index contributed by atoms with van der Waals surface area (Å²) in [7, 11) is 0. The molecule has 0 unspecified atom stereocenters. The monoisotopic (exact) mass is 260 g/mol. The number of rotatable bonds is 3. The average Bonchev–Trinajstić information content (AvgIpc) is 3.11. The second-order valence-electron chi connectivity index (χ2n) is 6.04. The third-order valence-corrected chi connectivity index (χ3v) is 2.85. The van der Waals surface area contributed by atoms with Gasteiger partial charge in [-0.15, -0.1) is 0 Å². The zero-order valence-corrected chi connectivity index (χ0v) is 11.6. The summed E-state index contributed by atoms with van der Waals surface area (Å²) in [5.41, 5.74) is 1.08. The van der Waals surface area contributed by atoms with E-state index >= 15 is 0 Å². The van der Waals surface area contributed by atoms with E-state index in [0.717, 1.165) is 18.5 Å². The van der Waals surface area contributed by atoms with Gasteiger partial charge in [0.15, 0.2) is 0 Å². The van der Waals surface area contributed by atoms with Crippen LogP contribution in [0.2, 0.25) is 0 Å². The summed E-state index contributed by atoms with van der Waals surface area (Å²) >= 11 is 0. The maximum atomic E-state index is 11.9. The van der Waals surface area contributed by atoms with Crippen LogP contribution in [0.5, 0.6) is 0 Å². The van der Waals surface area contributed by atoms with Crippen molar-refractivity contribution in [3.05, 3.63) is 29.8 Å². The summed E-state index contributed by atoms with van der Waals surface area (Å²) in [6.07, 6.45) is 1.97. The Kier molecular flexibility index (Phi) is 3.60. The van der Waals surface area contributed by atoms with Gasteiger partial charge in [-0.1, -0.05) is 0 Å². The van der Waals surface area contributed by atoms with Crippen molar-refractivity contribution < 1.29 is 9.59 Å². The summed E-state index contributed by atoms with van der Waals surface area (Å²) in [5.74, 6) is 0.156. The van der Waals surface area contributed by atoms with E-state index in [1.54, 1.807) is 24.3 Å². The molecule has 1 aromatic carbocycles. The van der Waals surface area contributed by atoms with Crippen LogP contribution in [0.15, 0.2) is 24.3 Å². The SMILES string of the molecule is CC(C)(C)NC(=O)c1ccc(NC(=O)C2CC2)cc1. The molecule has 0 radical (unpaired) electrons. The molecule has 0 bridgehead atoms. The van der Waals surface area contributed by atoms with E-state index < -0.39 is 0 Å². The van der Waals surface area contributed by atoms with Crippen LogP contribution in [0.1, 0.15) is 44.0 Å². The van der Waals surface area contributed by atoms with Crippen molar-refractivity contribution in [2.45, 2.75) is 39.2 Å². The number of anilines is 1. The lowest BCUT2D eigenvalue weighted by atomic mass is 10.1. The Balaban J connectivity index is 1.97. The van der Waals surface area contributed by atoms with Crippen LogP contribution in [-0.4, -0.2) is 17.4 Å². The first-order valence-electron chi connectivity index (χ1n) is 6.58. The van der Waals surface area contributed by atoms with Crippen molar-refractivity contribution in [3.63, 3.8) is 0 Å². The van der Waals surface area contributed by atoms with Gasteiger partial charge in [0, 0.05) is 22.7 Å². The first-order chi connectivity index (χ1) is 8.85. The molecule has 0 atom stereocenters. The topological polar surface area (TPSA) is 58.2 Å². The summed E-state index contributed by atoms with van der Waals surface area (Å²) < 4.78 is 0. The highest BCUT2D eigenvalue weighted by Crippen LogP contribution is 2.30. The van der Waals surface area contributed by atoms with Crippen LogP contribution >= 0.6 is 0 Å². The first-order valence-corrected chi connectivity index (χ1v) is 6.58. The van der Waals surface area contributed by atoms with Crippen LogP contribution in [0, 0.1) is 5.92 Å². The van der Waals surface area contributed by atoms with Crippen LogP contribution in [0.4, 0.5) is 5.69 Å². The third-order valence-electron chi connectivity index (χ3n) is 2.85. The highest BCUT2D eigenvalue weighted by molar-refractivity contribution is 5.97. The molecule has 2 rings (SSSR count). The molecule has 0 aromatic heterocycles. The Morgan fingerprint density at radius 2 is 1.68 bits per heavy atom. The Bertz CT molecular complexity index is 482. The Morgan fingerprint density at radius 1 is 1.11 bits per heavy atom. The number of nitrogens with one attached hydrogen (secondary N) is 2. The van der Waals surface area contributed by atoms with Gasteiger partial charge >= 0.3 is 0 Å². The predicted molar refractivity (Wildman–Crippen MR) is 75.0 cm³/mol. The van der Waals surface area contributed by atoms with Gasteiger partial charge in [-0.25, -0.2) is 0 Å². The quantitative estimate of drug-likeness (QED) is 0.877. The van der Waals surface area contributed by atoms with Crippen molar-refractivity contribution in [2.24, 2.45) is 5.92 Å². The number of hydrogen-bond acceptors (Lipinski definition) is 2. The van der Waals surface area contributed by atoms with Gasteiger partial charge < -0.3 is 10.6 Å². The number of carbonyl (C=O) groups excluding carboxylic acids is 2. The lowest BCUT2D eigenvalue weighted by molar-refractivity contribution is -0.117. The van der Waals surface area contributed by atoms with Gasteiger partial charge in [-0.2, -0.15) is 0 Å². The molecule has 0 aliphatic heterocycles. The Labute approximate surface area is 113 Å². The smallest absolute Gasteiger partial charge is 0.251 e. The molecule has 19 heavy (non-hydrogen) atoms. The molecule has 2 amide bonds. The highest BCUT2D eigenvalue weighted by atomic mass is 16.2. The van der Waals surface area contributed by atoms with Crippen molar-refractivity contribution in [1.82, 2.24) is 5.32 Å². The summed E-state index contributed by atoms with van der Waals surface area (Å²) in [6.45, 7) is 5.82. The highest BCUT2D eigenvalue weighted by Gasteiger charge is 2.29. The molecule has 1 aliphatic carbocycles. The molecule has 0 spiro atoms. The van der Waals surface area contributed by atoms with Crippen LogP contribution in [0.25, 0.3) is 0 Å². The maximum Gasteiger partial charge on any atom is 0.251 e. The van der Waals surface area contributed by atoms with Crippen LogP contribution in [-0.2, 0) is 4.79 Å². The fraction of sp³-hybridized carbons (Fsp3) is 0.467. The number of benzene rings is 1. The van der Waals surface area contributed by atoms with Crippen molar-refractivity contribution in [3.8, 4) is 0 Å². The summed E-state index contributed by atoms with van der Waals surface area (Å²) in [6, 6.07) is 6.98. The van der Waals surface area contributed by atoms with Gasteiger partial charge in [0.2, 0.25) is 5.91 Å². The molecule has 0 heterocycles. The molecule has 1 saturated carbocycles. The molecule has 1 aromatic rings. The minimum Gasteiger partial charge on any atom is -0.347 e. The van der Waals surface area contributed by atoms with E-state index in [1.807, 2.05) is 20.8 Å². The molecule has 4 nitrogen and oxygen atoms in total. The van der Waals surface area contributed by atoms with Gasteiger partial charge in [0.05, 0.1) is 0 Å². The lowest BCUT2D eigenvalue weighted by Gasteiger charge is -2.20. The number of amides is 2. The van der Waals surface area contributed by atoms with E-state index in [1.165, 1.54) is 0 Å². The van der Waals surface area contributed by atoms with E-state index in [2.05, 4.69) is 10.6 Å². The number of carbonyl (C=O) groups is 2. The fourth-order valence-electron chi connectivity index (χ4n) is 1.71. The molecular formula is C15H20N2O2. The van der Waals surface area contributed by atoms with Crippen LogP contribution in [0.3, 0.4) is 0 Å². The van der Waals surface area contributed by atoms with E-state index in [0.29, 0.717) is 5.56 Å². The summed E-state index contributed by atoms with van der Waals surface area (Å²) in [4.78, 5) is 23.5. The molecule has 102 valence electrons. The molecular weight excluding hydrogens is 240 g/mol. The fourth-order valence-corrected chi connectivity index (χ4v) is 1.71. The van der Waals surface area contributed by atoms with E-state index in [9.17, 15) is 9.59 Å². The first kappa shape index (κ1) is 13.6. The minimum absolute atomic E-state index is 0.0758. The molecule has 2 N–H and O–H groups in total. The van der Waals surface area contributed by atoms with E-state index in [4.69, 9.17) is 0 Å². The maximum absolute atomic E-state index is 11.9. The van der Waals surface area contributed by atoms with E-state index in [-0.39, 0.29) is 23.3 Å². The average molecular weight is 260 g/mol. The third kappa shape index (κ3) is 4.09. The van der Waals surface area contributed by atoms with Crippen LogP contribution < -0.4 is 10.6 Å². The van der Waals surface area contributed by atoms with Gasteiger partial charge in [-0.3, -0.25) is 9.59 Å². The van der Waals surface area contributed by atoms with Gasteiger partial charge in [0.1, 0.15) is 0 Å². The van der Waals surface area contributed by atoms with Crippen molar-refractivity contribution in [2.75, 3.05) is 5.32 Å². The second kappa shape index (κ2) is 5.03. The zero-order valence-electron chi connectivity index (χ0n) is 11.6. The van der Waals surface area contributed by atoms with Gasteiger partial charge in [0.25, 0.3) is 5.91 Å². The second-order valence-corrected chi connectivity index (χ2v) is 6.04. The molecule has 4 heteroatoms. The lowest BCUT2D eigenvalue weighted by Crippen LogP contribution is -2.40. The van der Waals surface area contributed by atoms with Crippen molar-refractivity contribution >= 4 is 17.5 Å². The zero-order chi connectivity index (χ0) is 14.0. The Morgan fingerprint density at radius 3 is 2.16 bits per heavy atom. The molecule has 1 aliphatic rings. The molecule has 1 fully saturated rings.